The van der Waals surface area contributed by atoms with Gasteiger partial charge in [-0.3, -0.25) is 9.59 Å². The molecule has 0 aromatic carbocycles. The molecular formula is C17H28N2O2. The molecule has 0 aromatic heterocycles. The Bertz CT molecular complexity index is 411. The van der Waals surface area contributed by atoms with Crippen molar-refractivity contribution in [2.45, 2.75) is 64.3 Å². The zero-order chi connectivity index (χ0) is 15.0. The molecule has 1 heterocycles. The molecule has 0 aromatic rings. The molecule has 3 fully saturated rings. The number of hydrogen-bond donors (Lipinski definition) is 1. The van der Waals surface area contributed by atoms with E-state index < -0.39 is 5.54 Å². The highest BCUT2D eigenvalue weighted by atomic mass is 16.2. The van der Waals surface area contributed by atoms with Gasteiger partial charge in [0.1, 0.15) is 5.54 Å². The summed E-state index contributed by atoms with van der Waals surface area (Å²) < 4.78 is 0. The van der Waals surface area contributed by atoms with Crippen molar-refractivity contribution >= 4 is 11.8 Å². The van der Waals surface area contributed by atoms with Gasteiger partial charge >= 0.3 is 0 Å². The van der Waals surface area contributed by atoms with Crippen molar-refractivity contribution in [3.8, 4) is 0 Å². The van der Waals surface area contributed by atoms with Crippen molar-refractivity contribution in [1.82, 2.24) is 10.2 Å². The number of nitrogens with one attached hydrogen (secondary N) is 1. The number of carbonyl (C=O) groups is 2. The third kappa shape index (κ3) is 2.95. The van der Waals surface area contributed by atoms with E-state index in [1.165, 1.54) is 25.7 Å². The second-order valence-electron chi connectivity index (χ2n) is 7.18. The van der Waals surface area contributed by atoms with Gasteiger partial charge in [0.25, 0.3) is 0 Å². The number of carbonyl (C=O) groups excluding carboxylic acids is 2. The molecule has 2 aliphatic carbocycles. The van der Waals surface area contributed by atoms with Crippen LogP contribution in [0.25, 0.3) is 0 Å². The minimum atomic E-state index is -0.661. The third-order valence-corrected chi connectivity index (χ3v) is 5.78. The van der Waals surface area contributed by atoms with Crippen LogP contribution in [-0.4, -0.2) is 35.3 Å². The summed E-state index contributed by atoms with van der Waals surface area (Å²) in [7, 11) is 0. The summed E-state index contributed by atoms with van der Waals surface area (Å²) in [4.78, 5) is 27.0. The van der Waals surface area contributed by atoms with Crippen LogP contribution >= 0.6 is 0 Å². The summed E-state index contributed by atoms with van der Waals surface area (Å²) in [6.07, 6.45) is 7.18. The number of rotatable bonds is 6. The van der Waals surface area contributed by atoms with Crippen LogP contribution in [0, 0.1) is 17.8 Å². The molecule has 1 saturated heterocycles. The second-order valence-corrected chi connectivity index (χ2v) is 7.18. The van der Waals surface area contributed by atoms with Gasteiger partial charge in [-0.15, -0.1) is 0 Å². The Labute approximate surface area is 127 Å². The molecule has 0 bridgehead atoms. The van der Waals surface area contributed by atoms with Gasteiger partial charge in [0, 0.05) is 19.5 Å². The molecule has 0 spiro atoms. The lowest BCUT2D eigenvalue weighted by molar-refractivity contribution is -0.140. The van der Waals surface area contributed by atoms with Gasteiger partial charge in [0.05, 0.1) is 0 Å². The highest BCUT2D eigenvalue weighted by Gasteiger charge is 2.46. The largest absolute Gasteiger partial charge is 0.342 e. The Morgan fingerprint density at radius 3 is 2.19 bits per heavy atom. The van der Waals surface area contributed by atoms with E-state index in [0.29, 0.717) is 31.7 Å². The fourth-order valence-electron chi connectivity index (χ4n) is 3.91. The van der Waals surface area contributed by atoms with E-state index in [-0.39, 0.29) is 11.8 Å². The van der Waals surface area contributed by atoms with Gasteiger partial charge in [-0.05, 0) is 56.3 Å². The van der Waals surface area contributed by atoms with Crippen LogP contribution in [0.15, 0.2) is 0 Å². The van der Waals surface area contributed by atoms with E-state index in [9.17, 15) is 9.59 Å². The maximum absolute atomic E-state index is 13.0. The first-order valence-electron chi connectivity index (χ1n) is 8.70. The van der Waals surface area contributed by atoms with Gasteiger partial charge in [0.2, 0.25) is 11.8 Å². The van der Waals surface area contributed by atoms with E-state index in [1.54, 1.807) is 0 Å². The van der Waals surface area contributed by atoms with Crippen molar-refractivity contribution < 1.29 is 9.59 Å². The summed E-state index contributed by atoms with van der Waals surface area (Å²) in [5, 5.41) is 3.00. The Hall–Kier alpha value is -1.06. The van der Waals surface area contributed by atoms with Gasteiger partial charge in [-0.2, -0.15) is 0 Å². The van der Waals surface area contributed by atoms with Crippen molar-refractivity contribution in [2.24, 2.45) is 17.8 Å². The van der Waals surface area contributed by atoms with Crippen LogP contribution in [0.5, 0.6) is 0 Å². The molecule has 0 radical (unpaired) electrons. The average Bonchev–Trinajstić information content (AvgIpc) is 3.35. The number of hydrogen-bond acceptors (Lipinski definition) is 2. The van der Waals surface area contributed by atoms with Crippen LogP contribution in [0.4, 0.5) is 0 Å². The van der Waals surface area contributed by atoms with Crippen LogP contribution < -0.4 is 5.32 Å². The first kappa shape index (κ1) is 14.9. The Balaban J connectivity index is 1.76. The predicted molar refractivity (Wildman–Crippen MR) is 81.6 cm³/mol. The van der Waals surface area contributed by atoms with Crippen molar-refractivity contribution in [3.05, 3.63) is 0 Å². The Morgan fingerprint density at radius 2 is 1.71 bits per heavy atom. The van der Waals surface area contributed by atoms with Crippen LogP contribution in [0.3, 0.4) is 0 Å². The van der Waals surface area contributed by atoms with E-state index in [4.69, 9.17) is 0 Å². The molecule has 3 aliphatic rings. The van der Waals surface area contributed by atoms with Gasteiger partial charge in [0.15, 0.2) is 0 Å². The lowest BCUT2D eigenvalue weighted by atomic mass is 9.90. The minimum absolute atomic E-state index is 0.0314. The lowest BCUT2D eigenvalue weighted by Crippen LogP contribution is -2.57. The van der Waals surface area contributed by atoms with E-state index in [2.05, 4.69) is 5.32 Å². The summed E-state index contributed by atoms with van der Waals surface area (Å²) in [6.45, 7) is 5.49. The highest BCUT2D eigenvalue weighted by Crippen LogP contribution is 2.49. The van der Waals surface area contributed by atoms with Crippen LogP contribution in [0.2, 0.25) is 0 Å². The normalized spacial score (nSPS) is 26.0. The van der Waals surface area contributed by atoms with Crippen LogP contribution in [0.1, 0.15) is 58.8 Å². The van der Waals surface area contributed by atoms with Crippen molar-refractivity contribution in [2.75, 3.05) is 13.1 Å². The smallest absolute Gasteiger partial charge is 0.248 e. The quantitative estimate of drug-likeness (QED) is 0.817. The maximum atomic E-state index is 13.0. The molecule has 4 nitrogen and oxygen atoms in total. The molecule has 2 amide bonds. The van der Waals surface area contributed by atoms with Gasteiger partial charge in [-0.1, -0.05) is 13.8 Å². The lowest BCUT2D eigenvalue weighted by Gasteiger charge is -2.35. The molecule has 0 unspecified atom stereocenters. The fourth-order valence-corrected chi connectivity index (χ4v) is 3.91. The first-order chi connectivity index (χ1) is 10.1. The molecule has 21 heavy (non-hydrogen) atoms. The standard InChI is InChI=1S/C17H28N2O2/c1-3-17(4-2)16(21)19(10-9-15(20)18-17)11-14(12-5-6-12)13-7-8-13/h12-14H,3-11H2,1-2H3,(H,18,20). The zero-order valence-corrected chi connectivity index (χ0v) is 13.4. The summed E-state index contributed by atoms with van der Waals surface area (Å²) in [5.41, 5.74) is -0.661. The summed E-state index contributed by atoms with van der Waals surface area (Å²) >= 11 is 0. The molecule has 0 atom stereocenters. The maximum Gasteiger partial charge on any atom is 0.248 e. The number of amides is 2. The van der Waals surface area contributed by atoms with Crippen molar-refractivity contribution in [1.29, 1.82) is 0 Å². The average molecular weight is 292 g/mol. The van der Waals surface area contributed by atoms with E-state index in [1.807, 2.05) is 18.7 Å². The van der Waals surface area contributed by atoms with Gasteiger partial charge in [-0.25, -0.2) is 0 Å². The fraction of sp³-hybridized carbons (Fsp3) is 0.882. The zero-order valence-electron chi connectivity index (χ0n) is 13.4. The van der Waals surface area contributed by atoms with E-state index >= 15 is 0 Å². The monoisotopic (exact) mass is 292 g/mol. The molecule has 1 N–H and O–H groups in total. The minimum Gasteiger partial charge on any atom is -0.342 e. The van der Waals surface area contributed by atoms with E-state index in [0.717, 1.165) is 18.4 Å². The third-order valence-electron chi connectivity index (χ3n) is 5.78. The summed E-state index contributed by atoms with van der Waals surface area (Å²) in [5.74, 6) is 2.56. The predicted octanol–water partition coefficient (Wildman–Crippen LogP) is 2.33. The molecular weight excluding hydrogens is 264 g/mol. The number of nitrogens with zero attached hydrogens (tertiary/aromatic N) is 1. The van der Waals surface area contributed by atoms with Gasteiger partial charge < -0.3 is 10.2 Å². The van der Waals surface area contributed by atoms with Crippen LogP contribution in [-0.2, 0) is 9.59 Å². The summed E-state index contributed by atoms with van der Waals surface area (Å²) in [6, 6.07) is 0. The Kier molecular flexibility index (Phi) is 3.98. The second kappa shape index (κ2) is 5.62. The Morgan fingerprint density at radius 1 is 1.14 bits per heavy atom. The first-order valence-corrected chi connectivity index (χ1v) is 8.70. The molecule has 2 saturated carbocycles. The molecule has 1 aliphatic heterocycles. The topological polar surface area (TPSA) is 49.4 Å². The highest BCUT2D eigenvalue weighted by molar-refractivity contribution is 5.93. The SMILES string of the molecule is CCC1(CC)NC(=O)CCN(CC(C2CC2)C2CC2)C1=O. The molecule has 4 heteroatoms. The molecule has 118 valence electrons. The van der Waals surface area contributed by atoms with Crippen molar-refractivity contribution in [3.63, 3.8) is 0 Å². The molecule has 3 rings (SSSR count).